The van der Waals surface area contributed by atoms with Crippen molar-refractivity contribution in [3.8, 4) is 0 Å². The quantitative estimate of drug-likeness (QED) is 0.748. The lowest BCUT2D eigenvalue weighted by molar-refractivity contribution is -0.128. The molecule has 0 saturated carbocycles. The number of carboxylic acids is 1. The van der Waals surface area contributed by atoms with Gasteiger partial charge in [-0.25, -0.2) is 4.79 Å². The minimum atomic E-state index is -0.951. The molecule has 1 unspecified atom stereocenters. The lowest BCUT2D eigenvalue weighted by atomic mass is 10.0. The first-order valence-corrected chi connectivity index (χ1v) is 9.30. The van der Waals surface area contributed by atoms with Gasteiger partial charge < -0.3 is 14.4 Å². The predicted octanol–water partition coefficient (Wildman–Crippen LogP) is 4.21. The van der Waals surface area contributed by atoms with E-state index < -0.39 is 5.97 Å². The van der Waals surface area contributed by atoms with Gasteiger partial charge in [-0.1, -0.05) is 24.3 Å². The Bertz CT molecular complexity index is 977. The van der Waals surface area contributed by atoms with Crippen LogP contribution in [0, 0.1) is 6.92 Å². The van der Waals surface area contributed by atoms with Crippen LogP contribution in [0.15, 0.2) is 52.9 Å². The number of rotatable bonds is 4. The molecule has 1 aromatic heterocycles. The fraction of sp³-hybridized carbons (Fsp3) is 0.200. The summed E-state index contributed by atoms with van der Waals surface area (Å²) in [6.45, 7) is 2.30. The standard InChI is InChI=1S/C20H17NO4S/c1-12-8-14(20(23)24)6-7-15(12)10-21-18(22)11-26-19(21)17-9-13-4-2-3-5-16(13)25-17/h2-9,19H,10-11H2,1H3,(H,23,24). The molecular formula is C20H17NO4S. The molecule has 132 valence electrons. The molecule has 0 spiro atoms. The zero-order valence-corrected chi connectivity index (χ0v) is 15.0. The normalized spacial score (nSPS) is 17.2. The maximum absolute atomic E-state index is 12.4. The van der Waals surface area contributed by atoms with E-state index in [2.05, 4.69) is 0 Å². The molecule has 5 nitrogen and oxygen atoms in total. The zero-order valence-electron chi connectivity index (χ0n) is 14.1. The molecule has 1 aliphatic heterocycles. The van der Waals surface area contributed by atoms with Crippen LogP contribution in [-0.4, -0.2) is 27.6 Å². The lowest BCUT2D eigenvalue weighted by Gasteiger charge is -2.23. The maximum atomic E-state index is 12.4. The highest BCUT2D eigenvalue weighted by Gasteiger charge is 2.35. The van der Waals surface area contributed by atoms with Crippen LogP contribution in [0.5, 0.6) is 0 Å². The zero-order chi connectivity index (χ0) is 18.3. The Morgan fingerprint density at radius 2 is 2.08 bits per heavy atom. The van der Waals surface area contributed by atoms with Gasteiger partial charge in [0.2, 0.25) is 5.91 Å². The Kier molecular flexibility index (Phi) is 4.20. The number of thioether (sulfide) groups is 1. The van der Waals surface area contributed by atoms with E-state index in [4.69, 9.17) is 9.52 Å². The topological polar surface area (TPSA) is 70.8 Å². The minimum Gasteiger partial charge on any atom is -0.478 e. The van der Waals surface area contributed by atoms with Crippen LogP contribution >= 0.6 is 11.8 Å². The van der Waals surface area contributed by atoms with Gasteiger partial charge in [0.25, 0.3) is 0 Å². The summed E-state index contributed by atoms with van der Waals surface area (Å²) in [6.07, 6.45) is 0. The van der Waals surface area contributed by atoms with Crippen LogP contribution in [0.25, 0.3) is 11.0 Å². The molecule has 1 fully saturated rings. The van der Waals surface area contributed by atoms with E-state index in [0.717, 1.165) is 27.9 Å². The second-order valence-corrected chi connectivity index (χ2v) is 7.39. The number of aromatic carboxylic acids is 1. The number of carbonyl (C=O) groups is 2. The monoisotopic (exact) mass is 367 g/mol. The van der Waals surface area contributed by atoms with E-state index in [1.807, 2.05) is 37.3 Å². The predicted molar refractivity (Wildman–Crippen MR) is 100 cm³/mol. The lowest BCUT2D eigenvalue weighted by Crippen LogP contribution is -2.27. The van der Waals surface area contributed by atoms with Crippen molar-refractivity contribution >= 4 is 34.6 Å². The third-order valence-corrected chi connectivity index (χ3v) is 5.80. The first-order valence-electron chi connectivity index (χ1n) is 8.25. The third kappa shape index (κ3) is 2.97. The van der Waals surface area contributed by atoms with E-state index in [9.17, 15) is 9.59 Å². The van der Waals surface area contributed by atoms with Gasteiger partial charge in [0, 0.05) is 11.9 Å². The molecule has 4 rings (SSSR count). The van der Waals surface area contributed by atoms with Gasteiger partial charge in [0.15, 0.2) is 0 Å². The van der Waals surface area contributed by atoms with Gasteiger partial charge in [-0.05, 0) is 42.3 Å². The third-order valence-electron chi connectivity index (χ3n) is 4.59. The Balaban J connectivity index is 1.63. The summed E-state index contributed by atoms with van der Waals surface area (Å²) < 4.78 is 5.96. The van der Waals surface area contributed by atoms with Gasteiger partial charge in [0.1, 0.15) is 16.7 Å². The van der Waals surface area contributed by atoms with Crippen LogP contribution in [0.1, 0.15) is 32.6 Å². The molecule has 26 heavy (non-hydrogen) atoms. The van der Waals surface area contributed by atoms with E-state index in [0.29, 0.717) is 12.3 Å². The number of fused-ring (bicyclic) bond motifs is 1. The van der Waals surface area contributed by atoms with Crippen molar-refractivity contribution in [2.24, 2.45) is 0 Å². The molecular weight excluding hydrogens is 350 g/mol. The van der Waals surface area contributed by atoms with Crippen molar-refractivity contribution in [3.63, 3.8) is 0 Å². The van der Waals surface area contributed by atoms with Crippen LogP contribution in [-0.2, 0) is 11.3 Å². The van der Waals surface area contributed by atoms with E-state index in [-0.39, 0.29) is 16.8 Å². The van der Waals surface area contributed by atoms with Crippen molar-refractivity contribution in [2.45, 2.75) is 18.8 Å². The number of hydrogen-bond donors (Lipinski definition) is 1. The molecule has 0 bridgehead atoms. The molecule has 0 radical (unpaired) electrons. The minimum absolute atomic E-state index is 0.0576. The molecule has 1 amide bonds. The van der Waals surface area contributed by atoms with E-state index in [1.54, 1.807) is 34.9 Å². The summed E-state index contributed by atoms with van der Waals surface area (Å²) in [5, 5.41) is 9.95. The molecule has 6 heteroatoms. The van der Waals surface area contributed by atoms with Crippen molar-refractivity contribution in [3.05, 3.63) is 71.0 Å². The van der Waals surface area contributed by atoms with Crippen LogP contribution in [0.3, 0.4) is 0 Å². The first kappa shape index (κ1) is 16.7. The summed E-state index contributed by atoms with van der Waals surface area (Å²) in [5.74, 6) is 0.283. The summed E-state index contributed by atoms with van der Waals surface area (Å²) in [7, 11) is 0. The average molecular weight is 367 g/mol. The van der Waals surface area contributed by atoms with Crippen molar-refractivity contribution < 1.29 is 19.1 Å². The van der Waals surface area contributed by atoms with Gasteiger partial charge >= 0.3 is 5.97 Å². The average Bonchev–Trinajstić information content (AvgIpc) is 3.20. The number of para-hydroxylation sites is 1. The summed E-state index contributed by atoms with van der Waals surface area (Å²) in [5.41, 5.74) is 2.86. The van der Waals surface area contributed by atoms with Gasteiger partial charge in [-0.3, -0.25) is 4.79 Å². The molecule has 1 aliphatic rings. The highest BCUT2D eigenvalue weighted by atomic mass is 32.2. The fourth-order valence-electron chi connectivity index (χ4n) is 3.17. The number of benzene rings is 2. The second kappa shape index (κ2) is 6.53. The Morgan fingerprint density at radius 3 is 2.81 bits per heavy atom. The molecule has 2 aromatic carbocycles. The van der Waals surface area contributed by atoms with Gasteiger partial charge in [-0.15, -0.1) is 11.8 Å². The number of hydrogen-bond acceptors (Lipinski definition) is 4. The molecule has 1 saturated heterocycles. The Hall–Kier alpha value is -2.73. The maximum Gasteiger partial charge on any atom is 0.335 e. The van der Waals surface area contributed by atoms with Crippen molar-refractivity contribution in [1.82, 2.24) is 4.90 Å². The Labute approximate surface area is 154 Å². The number of amides is 1. The van der Waals surface area contributed by atoms with Crippen molar-refractivity contribution in [2.75, 3.05) is 5.75 Å². The van der Waals surface area contributed by atoms with Crippen LogP contribution < -0.4 is 0 Å². The number of aryl methyl sites for hydroxylation is 1. The smallest absolute Gasteiger partial charge is 0.335 e. The number of carboxylic acid groups (broad SMARTS) is 1. The van der Waals surface area contributed by atoms with Crippen molar-refractivity contribution in [1.29, 1.82) is 0 Å². The number of furan rings is 1. The molecule has 1 atom stereocenters. The summed E-state index contributed by atoms with van der Waals surface area (Å²) in [4.78, 5) is 25.3. The van der Waals surface area contributed by atoms with E-state index in [1.165, 1.54) is 0 Å². The van der Waals surface area contributed by atoms with E-state index >= 15 is 0 Å². The Morgan fingerprint density at radius 1 is 1.27 bits per heavy atom. The molecule has 2 heterocycles. The molecule has 3 aromatic rings. The highest BCUT2D eigenvalue weighted by molar-refractivity contribution is 8.00. The second-order valence-electron chi connectivity index (χ2n) is 6.32. The van der Waals surface area contributed by atoms with Gasteiger partial charge in [0.05, 0.1) is 11.3 Å². The molecule has 1 N–H and O–H groups in total. The highest BCUT2D eigenvalue weighted by Crippen LogP contribution is 2.41. The number of carbonyl (C=O) groups excluding carboxylic acids is 1. The largest absolute Gasteiger partial charge is 0.478 e. The fourth-order valence-corrected chi connectivity index (χ4v) is 4.29. The summed E-state index contributed by atoms with van der Waals surface area (Å²) >= 11 is 1.55. The summed E-state index contributed by atoms with van der Waals surface area (Å²) in [6, 6.07) is 14.8. The SMILES string of the molecule is Cc1cc(C(=O)O)ccc1CN1C(=O)CSC1c1cc2ccccc2o1. The van der Waals surface area contributed by atoms with Crippen LogP contribution in [0.4, 0.5) is 0 Å². The van der Waals surface area contributed by atoms with Crippen LogP contribution in [0.2, 0.25) is 0 Å². The molecule has 0 aliphatic carbocycles. The van der Waals surface area contributed by atoms with Gasteiger partial charge in [-0.2, -0.15) is 0 Å². The number of nitrogens with zero attached hydrogens (tertiary/aromatic N) is 1. The first-order chi connectivity index (χ1) is 12.5.